The highest BCUT2D eigenvalue weighted by atomic mass is 35.5. The maximum Gasteiger partial charge on any atom is 0.277 e. The molecule has 0 spiro atoms. The first kappa shape index (κ1) is 21.7. The number of amides is 1. The SMILES string of the molecule is COCCn1cnc2c(-c3ccccc3)cn(CC(=O)Nc3ccc(F)c(Cl)c3)c2c1=O. The predicted octanol–water partition coefficient (Wildman–Crippen LogP) is 3.94. The average Bonchev–Trinajstić information content (AvgIpc) is 3.15. The third-order valence-electron chi connectivity index (χ3n) is 4.98. The highest BCUT2D eigenvalue weighted by molar-refractivity contribution is 6.31. The van der Waals surface area contributed by atoms with Gasteiger partial charge in [-0.3, -0.25) is 14.2 Å². The summed E-state index contributed by atoms with van der Waals surface area (Å²) >= 11 is 5.79. The minimum atomic E-state index is -0.573. The number of nitrogens with zero attached hydrogens (tertiary/aromatic N) is 3. The highest BCUT2D eigenvalue weighted by Crippen LogP contribution is 2.27. The van der Waals surface area contributed by atoms with E-state index in [1.165, 1.54) is 29.1 Å². The van der Waals surface area contributed by atoms with Crippen molar-refractivity contribution in [2.24, 2.45) is 0 Å². The molecule has 0 unspecified atom stereocenters. The topological polar surface area (TPSA) is 78.2 Å². The number of carbonyl (C=O) groups is 1. The zero-order valence-electron chi connectivity index (χ0n) is 17.2. The molecule has 2 aromatic carbocycles. The fraction of sp³-hybridized carbons (Fsp3) is 0.174. The number of anilines is 1. The molecular weight excluding hydrogens is 435 g/mol. The Morgan fingerprint density at radius 3 is 2.69 bits per heavy atom. The van der Waals surface area contributed by atoms with E-state index in [-0.39, 0.29) is 17.1 Å². The molecule has 7 nitrogen and oxygen atoms in total. The standard InChI is InChI=1S/C23H20ClFN4O3/c1-32-10-9-28-14-26-21-17(15-5-3-2-4-6-15)12-29(22(21)23(28)31)13-20(30)27-16-7-8-19(25)18(24)11-16/h2-8,11-12,14H,9-10,13H2,1H3,(H,27,30). The summed E-state index contributed by atoms with van der Waals surface area (Å²) in [5.74, 6) is -0.966. The summed E-state index contributed by atoms with van der Waals surface area (Å²) < 4.78 is 21.5. The third kappa shape index (κ3) is 4.42. The number of ether oxygens (including phenoxy) is 1. The number of benzene rings is 2. The molecule has 0 saturated heterocycles. The number of nitrogens with one attached hydrogen (secondary N) is 1. The van der Waals surface area contributed by atoms with Gasteiger partial charge in [-0.05, 0) is 23.8 Å². The summed E-state index contributed by atoms with van der Waals surface area (Å²) in [5.41, 5.74) is 2.53. The zero-order chi connectivity index (χ0) is 22.7. The van der Waals surface area contributed by atoms with Crippen molar-refractivity contribution in [1.29, 1.82) is 0 Å². The molecule has 2 heterocycles. The van der Waals surface area contributed by atoms with Crippen molar-refractivity contribution >= 4 is 34.2 Å². The molecule has 0 fully saturated rings. The molecule has 0 aliphatic carbocycles. The van der Waals surface area contributed by atoms with Crippen molar-refractivity contribution in [3.05, 3.63) is 82.2 Å². The van der Waals surface area contributed by atoms with Gasteiger partial charge in [0, 0.05) is 24.6 Å². The Morgan fingerprint density at radius 1 is 1.19 bits per heavy atom. The normalized spacial score (nSPS) is 11.1. The van der Waals surface area contributed by atoms with Gasteiger partial charge in [0.2, 0.25) is 5.91 Å². The largest absolute Gasteiger partial charge is 0.383 e. The van der Waals surface area contributed by atoms with Crippen molar-refractivity contribution in [2.75, 3.05) is 19.0 Å². The van der Waals surface area contributed by atoms with E-state index >= 15 is 0 Å². The number of hydrogen-bond acceptors (Lipinski definition) is 4. The van der Waals surface area contributed by atoms with Gasteiger partial charge in [0.05, 0.1) is 24.5 Å². The molecule has 0 atom stereocenters. The van der Waals surface area contributed by atoms with Gasteiger partial charge in [0.1, 0.15) is 23.4 Å². The molecule has 4 aromatic rings. The summed E-state index contributed by atoms with van der Waals surface area (Å²) in [6.45, 7) is 0.555. The van der Waals surface area contributed by atoms with Gasteiger partial charge >= 0.3 is 0 Å². The Kier molecular flexibility index (Phi) is 6.34. The number of methoxy groups -OCH3 is 1. The molecule has 32 heavy (non-hydrogen) atoms. The van der Waals surface area contributed by atoms with Crippen molar-refractivity contribution in [3.8, 4) is 11.1 Å². The molecular formula is C23H20ClFN4O3. The minimum Gasteiger partial charge on any atom is -0.383 e. The van der Waals surface area contributed by atoms with E-state index in [0.717, 1.165) is 11.1 Å². The summed E-state index contributed by atoms with van der Waals surface area (Å²) in [6.07, 6.45) is 3.23. The van der Waals surface area contributed by atoms with E-state index in [2.05, 4.69) is 10.3 Å². The minimum absolute atomic E-state index is 0.0918. The Balaban J connectivity index is 1.74. The van der Waals surface area contributed by atoms with Crippen molar-refractivity contribution in [1.82, 2.24) is 14.1 Å². The Labute approximate surface area is 188 Å². The van der Waals surface area contributed by atoms with Crippen molar-refractivity contribution in [2.45, 2.75) is 13.1 Å². The number of halogens is 2. The second-order valence-corrected chi connectivity index (χ2v) is 7.55. The number of aromatic nitrogens is 3. The van der Waals surface area contributed by atoms with Crippen molar-refractivity contribution in [3.63, 3.8) is 0 Å². The van der Waals surface area contributed by atoms with Crippen LogP contribution >= 0.6 is 11.6 Å². The Morgan fingerprint density at radius 2 is 1.97 bits per heavy atom. The zero-order valence-corrected chi connectivity index (χ0v) is 18.0. The summed E-state index contributed by atoms with van der Waals surface area (Å²) in [7, 11) is 1.55. The lowest BCUT2D eigenvalue weighted by Gasteiger charge is -2.09. The summed E-state index contributed by atoms with van der Waals surface area (Å²) in [5, 5.41) is 2.59. The third-order valence-corrected chi connectivity index (χ3v) is 5.27. The van der Waals surface area contributed by atoms with Gasteiger partial charge in [-0.15, -0.1) is 0 Å². The Bertz CT molecular complexity index is 1330. The molecule has 1 N–H and O–H groups in total. The van der Waals surface area contributed by atoms with E-state index < -0.39 is 11.7 Å². The lowest BCUT2D eigenvalue weighted by molar-refractivity contribution is -0.116. The molecule has 4 rings (SSSR count). The maximum absolute atomic E-state index is 13.4. The predicted molar refractivity (Wildman–Crippen MR) is 121 cm³/mol. The van der Waals surface area contributed by atoms with Gasteiger partial charge in [-0.25, -0.2) is 9.37 Å². The molecule has 164 valence electrons. The first-order chi connectivity index (χ1) is 15.5. The highest BCUT2D eigenvalue weighted by Gasteiger charge is 2.18. The molecule has 0 bridgehead atoms. The van der Waals surface area contributed by atoms with Crippen LogP contribution in [-0.2, 0) is 22.6 Å². The molecule has 0 saturated carbocycles. The van der Waals surface area contributed by atoms with Crippen LogP contribution in [0, 0.1) is 5.82 Å². The molecule has 2 aromatic heterocycles. The fourth-order valence-corrected chi connectivity index (χ4v) is 3.63. The molecule has 9 heteroatoms. The van der Waals surface area contributed by atoms with Gasteiger partial charge in [0.15, 0.2) is 0 Å². The maximum atomic E-state index is 13.4. The van der Waals surface area contributed by atoms with Crippen molar-refractivity contribution < 1.29 is 13.9 Å². The number of carbonyl (C=O) groups excluding carboxylic acids is 1. The molecule has 0 aliphatic rings. The van der Waals surface area contributed by atoms with E-state index in [0.29, 0.717) is 29.9 Å². The van der Waals surface area contributed by atoms with Crippen LogP contribution in [0.3, 0.4) is 0 Å². The number of rotatable bonds is 7. The smallest absolute Gasteiger partial charge is 0.277 e. The second-order valence-electron chi connectivity index (χ2n) is 7.15. The van der Waals surface area contributed by atoms with Crippen LogP contribution in [-0.4, -0.2) is 33.7 Å². The summed E-state index contributed by atoms with van der Waals surface area (Å²) in [4.78, 5) is 30.4. The van der Waals surface area contributed by atoms with E-state index in [4.69, 9.17) is 16.3 Å². The monoisotopic (exact) mass is 454 g/mol. The first-order valence-corrected chi connectivity index (χ1v) is 10.2. The van der Waals surface area contributed by atoms with Crippen LogP contribution in [0.25, 0.3) is 22.2 Å². The first-order valence-electron chi connectivity index (χ1n) is 9.85. The van der Waals surface area contributed by atoms with Gasteiger partial charge in [0.25, 0.3) is 5.56 Å². The Hall–Kier alpha value is -3.49. The van der Waals surface area contributed by atoms with E-state index in [1.807, 2.05) is 30.3 Å². The van der Waals surface area contributed by atoms with E-state index in [1.54, 1.807) is 17.9 Å². The van der Waals surface area contributed by atoms with Crippen LogP contribution in [0.4, 0.5) is 10.1 Å². The number of fused-ring (bicyclic) bond motifs is 1. The van der Waals surface area contributed by atoms with Crippen LogP contribution in [0.15, 0.2) is 65.8 Å². The molecule has 0 radical (unpaired) electrons. The van der Waals surface area contributed by atoms with E-state index in [9.17, 15) is 14.0 Å². The van der Waals surface area contributed by atoms with Gasteiger partial charge < -0.3 is 14.6 Å². The van der Waals surface area contributed by atoms with Crippen LogP contribution in [0.2, 0.25) is 5.02 Å². The molecule has 1 amide bonds. The lowest BCUT2D eigenvalue weighted by Crippen LogP contribution is -2.26. The molecule has 0 aliphatic heterocycles. The average molecular weight is 455 g/mol. The lowest BCUT2D eigenvalue weighted by atomic mass is 10.1. The second kappa shape index (κ2) is 9.33. The van der Waals surface area contributed by atoms with Crippen LogP contribution < -0.4 is 10.9 Å². The quantitative estimate of drug-likeness (QED) is 0.459. The van der Waals surface area contributed by atoms with Gasteiger partial charge in [-0.1, -0.05) is 41.9 Å². The van der Waals surface area contributed by atoms with Crippen LogP contribution in [0.1, 0.15) is 0 Å². The number of hydrogen-bond donors (Lipinski definition) is 1. The fourth-order valence-electron chi connectivity index (χ4n) is 3.45. The van der Waals surface area contributed by atoms with Gasteiger partial charge in [-0.2, -0.15) is 0 Å². The summed E-state index contributed by atoms with van der Waals surface area (Å²) in [6, 6.07) is 13.4. The van der Waals surface area contributed by atoms with Crippen LogP contribution in [0.5, 0.6) is 0 Å².